The molecule has 5 heteroatoms. The number of hydrogen-bond donors (Lipinski definition) is 1. The van der Waals surface area contributed by atoms with Crippen molar-refractivity contribution in [1.29, 1.82) is 0 Å². The summed E-state index contributed by atoms with van der Waals surface area (Å²) in [4.78, 5) is 8.73. The van der Waals surface area contributed by atoms with Crippen LogP contribution >= 0.6 is 11.6 Å². The molecule has 0 fully saturated rings. The lowest BCUT2D eigenvalue weighted by atomic mass is 10.1. The van der Waals surface area contributed by atoms with Gasteiger partial charge in [0.1, 0.15) is 11.6 Å². The van der Waals surface area contributed by atoms with Crippen LogP contribution in [0, 0.1) is 19.7 Å². The van der Waals surface area contributed by atoms with Crippen molar-refractivity contribution in [1.82, 2.24) is 9.97 Å². The number of hydrogen-bond acceptors (Lipinski definition) is 3. The second-order valence-corrected chi connectivity index (χ2v) is 4.78. The highest BCUT2D eigenvalue weighted by Gasteiger charge is 2.12. The van der Waals surface area contributed by atoms with Crippen LogP contribution in [-0.4, -0.2) is 9.97 Å². The lowest BCUT2D eigenvalue weighted by molar-refractivity contribution is 0.611. The van der Waals surface area contributed by atoms with Gasteiger partial charge >= 0.3 is 0 Å². The minimum atomic E-state index is -0.339. The van der Waals surface area contributed by atoms with E-state index in [0.717, 1.165) is 17.0 Å². The topological polar surface area (TPSA) is 51.8 Å². The molecular weight excluding hydrogens is 265 g/mol. The van der Waals surface area contributed by atoms with Gasteiger partial charge in [-0.05, 0) is 26.0 Å². The van der Waals surface area contributed by atoms with Crippen molar-refractivity contribution >= 4 is 11.6 Å². The van der Waals surface area contributed by atoms with Gasteiger partial charge in [-0.2, -0.15) is 0 Å². The van der Waals surface area contributed by atoms with Crippen LogP contribution in [0.5, 0.6) is 0 Å². The molecule has 0 aliphatic rings. The fourth-order valence-corrected chi connectivity index (χ4v) is 2.27. The van der Waals surface area contributed by atoms with Crippen molar-refractivity contribution in [3.05, 3.63) is 57.4 Å². The molecule has 0 amide bonds. The number of nitrogens with zero attached hydrogens (tertiary/aromatic N) is 2. The van der Waals surface area contributed by atoms with Gasteiger partial charge in [-0.1, -0.05) is 17.7 Å². The molecule has 3 nitrogen and oxygen atoms in total. The van der Waals surface area contributed by atoms with Crippen LogP contribution in [0.15, 0.2) is 18.2 Å². The molecule has 1 aromatic heterocycles. The molecular formula is C14H15ClFN3. The van der Waals surface area contributed by atoms with Crippen molar-refractivity contribution in [2.45, 2.75) is 26.8 Å². The summed E-state index contributed by atoms with van der Waals surface area (Å²) < 4.78 is 13.7. The Hall–Kier alpha value is -1.52. The molecule has 19 heavy (non-hydrogen) atoms. The number of aromatic nitrogens is 2. The smallest absolute Gasteiger partial charge is 0.133 e. The van der Waals surface area contributed by atoms with E-state index >= 15 is 0 Å². The Balaban J connectivity index is 2.39. The first kappa shape index (κ1) is 13.9. The summed E-state index contributed by atoms with van der Waals surface area (Å²) in [6, 6.07) is 4.62. The molecule has 2 aromatic rings. The molecule has 0 bridgehead atoms. The molecule has 0 aliphatic heterocycles. The zero-order valence-electron chi connectivity index (χ0n) is 10.9. The maximum Gasteiger partial charge on any atom is 0.133 e. The summed E-state index contributed by atoms with van der Waals surface area (Å²) in [5.74, 6) is 0.216. The van der Waals surface area contributed by atoms with Gasteiger partial charge in [-0.15, -0.1) is 0 Å². The molecule has 0 saturated heterocycles. The van der Waals surface area contributed by atoms with Crippen LogP contribution in [0.4, 0.5) is 4.39 Å². The normalized spacial score (nSPS) is 10.8. The van der Waals surface area contributed by atoms with E-state index in [1.165, 1.54) is 6.07 Å². The lowest BCUT2D eigenvalue weighted by Gasteiger charge is -2.10. The molecule has 0 saturated carbocycles. The minimum absolute atomic E-state index is 0.276. The number of halogens is 2. The standard InChI is InChI=1S/C14H15ClFN3/c1-8-11(7-17)9(2)19-14(18-8)6-10-12(15)4-3-5-13(10)16/h3-5H,6-7,17H2,1-2H3. The SMILES string of the molecule is Cc1nc(Cc2c(F)cccc2Cl)nc(C)c1CN. The molecule has 1 aromatic carbocycles. The summed E-state index contributed by atoms with van der Waals surface area (Å²) in [5, 5.41) is 0.391. The van der Waals surface area contributed by atoms with Crippen molar-refractivity contribution in [3.8, 4) is 0 Å². The maximum atomic E-state index is 13.7. The average Bonchev–Trinajstić information content (AvgIpc) is 2.34. The highest BCUT2D eigenvalue weighted by atomic mass is 35.5. The largest absolute Gasteiger partial charge is 0.326 e. The third kappa shape index (κ3) is 2.91. The molecule has 0 spiro atoms. The molecule has 100 valence electrons. The Morgan fingerprint density at radius 1 is 1.16 bits per heavy atom. The number of aryl methyl sites for hydroxylation is 2. The number of benzene rings is 1. The highest BCUT2D eigenvalue weighted by molar-refractivity contribution is 6.31. The second-order valence-electron chi connectivity index (χ2n) is 4.37. The zero-order valence-corrected chi connectivity index (χ0v) is 11.6. The lowest BCUT2D eigenvalue weighted by Crippen LogP contribution is -2.10. The minimum Gasteiger partial charge on any atom is -0.326 e. The zero-order chi connectivity index (χ0) is 14.0. The molecule has 2 rings (SSSR count). The average molecular weight is 280 g/mol. The monoisotopic (exact) mass is 279 g/mol. The van der Waals surface area contributed by atoms with Crippen LogP contribution in [-0.2, 0) is 13.0 Å². The van der Waals surface area contributed by atoms with Crippen LogP contribution < -0.4 is 5.73 Å². The van der Waals surface area contributed by atoms with Gasteiger partial charge in [-0.3, -0.25) is 0 Å². The van der Waals surface area contributed by atoms with Gasteiger partial charge in [-0.25, -0.2) is 14.4 Å². The highest BCUT2D eigenvalue weighted by Crippen LogP contribution is 2.21. The number of rotatable bonds is 3. The summed E-state index contributed by atoms with van der Waals surface area (Å²) in [7, 11) is 0. The third-order valence-electron chi connectivity index (χ3n) is 3.07. The molecule has 2 N–H and O–H groups in total. The van der Waals surface area contributed by atoms with E-state index in [1.807, 2.05) is 13.8 Å². The van der Waals surface area contributed by atoms with E-state index in [9.17, 15) is 4.39 Å². The van der Waals surface area contributed by atoms with E-state index in [-0.39, 0.29) is 12.2 Å². The first-order valence-corrected chi connectivity index (χ1v) is 6.36. The summed E-state index contributed by atoms with van der Waals surface area (Å²) >= 11 is 6.00. The van der Waals surface area contributed by atoms with E-state index in [0.29, 0.717) is 23.0 Å². The van der Waals surface area contributed by atoms with Gasteiger partial charge in [0.25, 0.3) is 0 Å². The third-order valence-corrected chi connectivity index (χ3v) is 3.42. The van der Waals surface area contributed by atoms with Crippen LogP contribution in [0.25, 0.3) is 0 Å². The Bertz CT molecular complexity index is 570. The van der Waals surface area contributed by atoms with Crippen LogP contribution in [0.3, 0.4) is 0 Å². The van der Waals surface area contributed by atoms with E-state index in [1.54, 1.807) is 12.1 Å². The van der Waals surface area contributed by atoms with Crippen molar-refractivity contribution in [3.63, 3.8) is 0 Å². The van der Waals surface area contributed by atoms with E-state index in [2.05, 4.69) is 9.97 Å². The Labute approximate surface area is 116 Å². The van der Waals surface area contributed by atoms with E-state index < -0.39 is 0 Å². The Morgan fingerprint density at radius 3 is 2.32 bits per heavy atom. The Kier molecular flexibility index (Phi) is 4.12. The van der Waals surface area contributed by atoms with Gasteiger partial charge in [0, 0.05) is 40.5 Å². The van der Waals surface area contributed by atoms with Crippen molar-refractivity contribution < 1.29 is 4.39 Å². The molecule has 0 atom stereocenters. The first-order valence-electron chi connectivity index (χ1n) is 5.99. The molecule has 0 unspecified atom stereocenters. The van der Waals surface area contributed by atoms with Crippen molar-refractivity contribution in [2.75, 3.05) is 0 Å². The summed E-state index contributed by atoms with van der Waals surface area (Å²) in [6.45, 7) is 4.16. The fraction of sp³-hybridized carbons (Fsp3) is 0.286. The summed E-state index contributed by atoms with van der Waals surface area (Å²) in [6.07, 6.45) is 0.276. The van der Waals surface area contributed by atoms with Crippen LogP contribution in [0.1, 0.15) is 28.3 Å². The number of nitrogens with two attached hydrogens (primary N) is 1. The first-order chi connectivity index (χ1) is 9.02. The maximum absolute atomic E-state index is 13.7. The second kappa shape index (κ2) is 5.63. The molecule has 1 heterocycles. The fourth-order valence-electron chi connectivity index (χ4n) is 2.04. The van der Waals surface area contributed by atoms with Gasteiger partial charge < -0.3 is 5.73 Å². The van der Waals surface area contributed by atoms with Crippen molar-refractivity contribution in [2.24, 2.45) is 5.73 Å². The molecule has 0 radical (unpaired) electrons. The van der Waals surface area contributed by atoms with Gasteiger partial charge in [0.15, 0.2) is 0 Å². The quantitative estimate of drug-likeness (QED) is 0.940. The van der Waals surface area contributed by atoms with Crippen LogP contribution in [0.2, 0.25) is 5.02 Å². The Morgan fingerprint density at radius 2 is 1.79 bits per heavy atom. The molecule has 0 aliphatic carbocycles. The summed E-state index contributed by atoms with van der Waals surface area (Å²) in [5.41, 5.74) is 8.66. The van der Waals surface area contributed by atoms with Gasteiger partial charge in [0.2, 0.25) is 0 Å². The predicted molar refractivity (Wildman–Crippen MR) is 73.6 cm³/mol. The predicted octanol–water partition coefficient (Wildman–Crippen LogP) is 2.94. The van der Waals surface area contributed by atoms with Gasteiger partial charge in [0.05, 0.1) is 0 Å². The van der Waals surface area contributed by atoms with E-state index in [4.69, 9.17) is 17.3 Å².